The molecule has 20 heavy (non-hydrogen) atoms. The molecule has 1 saturated heterocycles. The number of benzene rings is 1. The third-order valence-corrected chi connectivity index (χ3v) is 3.37. The number of nitrogens with zero attached hydrogens (tertiary/aromatic N) is 3. The first kappa shape index (κ1) is 13.1. The fraction of sp³-hybridized carbons (Fsp3) is 0.308. The Morgan fingerprint density at radius 2 is 2.35 bits per heavy atom. The van der Waals surface area contributed by atoms with E-state index in [2.05, 4.69) is 15.3 Å². The molecule has 1 fully saturated rings. The Balaban J connectivity index is 1.93. The summed E-state index contributed by atoms with van der Waals surface area (Å²) in [6.07, 6.45) is 3.19. The van der Waals surface area contributed by atoms with Crippen LogP contribution in [0.2, 0.25) is 0 Å². The molecular weight excluding hydrogens is 279 g/mol. The lowest BCUT2D eigenvalue weighted by atomic mass is 10.2. The molecule has 7 heteroatoms. The number of ether oxygens (including phenoxy) is 1. The molecule has 5 nitrogen and oxygen atoms in total. The smallest absolute Gasteiger partial charge is 0.216 e. The van der Waals surface area contributed by atoms with E-state index in [0.717, 1.165) is 12.8 Å². The molecule has 0 spiro atoms. The zero-order valence-electron chi connectivity index (χ0n) is 10.6. The zero-order chi connectivity index (χ0) is 13.9. The summed E-state index contributed by atoms with van der Waals surface area (Å²) in [5.74, 6) is 0.296. The second-order valence-electron chi connectivity index (χ2n) is 4.47. The van der Waals surface area contributed by atoms with Crippen LogP contribution < -0.4 is 0 Å². The number of aromatic amines is 1. The first-order valence-corrected chi connectivity index (χ1v) is 6.74. The maximum atomic E-state index is 13.5. The first-order chi connectivity index (χ1) is 9.75. The zero-order valence-corrected chi connectivity index (χ0v) is 11.4. The summed E-state index contributed by atoms with van der Waals surface area (Å²) < 4.78 is 21.0. The van der Waals surface area contributed by atoms with Gasteiger partial charge >= 0.3 is 0 Å². The van der Waals surface area contributed by atoms with Crippen molar-refractivity contribution in [3.63, 3.8) is 0 Å². The van der Waals surface area contributed by atoms with Crippen molar-refractivity contribution in [2.75, 3.05) is 6.61 Å². The lowest BCUT2D eigenvalue weighted by Gasteiger charge is -2.07. The lowest BCUT2D eigenvalue weighted by molar-refractivity contribution is 0.102. The van der Waals surface area contributed by atoms with Crippen molar-refractivity contribution >= 4 is 18.4 Å². The Morgan fingerprint density at radius 3 is 3.10 bits per heavy atom. The van der Waals surface area contributed by atoms with E-state index in [0.29, 0.717) is 22.8 Å². The minimum absolute atomic E-state index is 0.110. The van der Waals surface area contributed by atoms with Gasteiger partial charge in [-0.3, -0.25) is 5.10 Å². The highest BCUT2D eigenvalue weighted by molar-refractivity contribution is 7.71. The van der Waals surface area contributed by atoms with Gasteiger partial charge in [0.1, 0.15) is 11.9 Å². The molecule has 1 aliphatic heterocycles. The SMILES string of the molecule is Fc1ccccc1/C=N\n1c([C@H]2CCCO2)n[nH]c1=S. The largest absolute Gasteiger partial charge is 0.370 e. The molecule has 1 aliphatic rings. The summed E-state index contributed by atoms with van der Waals surface area (Å²) in [5.41, 5.74) is 0.397. The van der Waals surface area contributed by atoms with Gasteiger partial charge < -0.3 is 4.74 Å². The maximum absolute atomic E-state index is 13.5. The van der Waals surface area contributed by atoms with Crippen LogP contribution in [0.1, 0.15) is 30.3 Å². The van der Waals surface area contributed by atoms with Gasteiger partial charge in [0.05, 0.1) is 6.21 Å². The van der Waals surface area contributed by atoms with Crippen LogP contribution in [-0.4, -0.2) is 27.7 Å². The predicted molar refractivity (Wildman–Crippen MR) is 74.7 cm³/mol. The van der Waals surface area contributed by atoms with E-state index in [1.165, 1.54) is 17.0 Å². The first-order valence-electron chi connectivity index (χ1n) is 6.33. The van der Waals surface area contributed by atoms with Gasteiger partial charge in [0.2, 0.25) is 4.77 Å². The van der Waals surface area contributed by atoms with Crippen LogP contribution in [-0.2, 0) is 4.74 Å². The summed E-state index contributed by atoms with van der Waals surface area (Å²) in [5, 5.41) is 11.1. The Morgan fingerprint density at radius 1 is 1.50 bits per heavy atom. The van der Waals surface area contributed by atoms with Gasteiger partial charge in [-0.2, -0.15) is 14.9 Å². The van der Waals surface area contributed by atoms with E-state index in [1.807, 2.05) is 0 Å². The second kappa shape index (κ2) is 5.64. The van der Waals surface area contributed by atoms with Crippen LogP contribution in [0.5, 0.6) is 0 Å². The molecule has 2 heterocycles. The predicted octanol–water partition coefficient (Wildman–Crippen LogP) is 2.81. The summed E-state index contributed by atoms with van der Waals surface area (Å²) in [6, 6.07) is 6.42. The van der Waals surface area contributed by atoms with E-state index in [9.17, 15) is 4.39 Å². The molecule has 0 unspecified atom stereocenters. The highest BCUT2D eigenvalue weighted by atomic mass is 32.1. The number of hydrogen-bond acceptors (Lipinski definition) is 4. The van der Waals surface area contributed by atoms with Crippen LogP contribution in [0.4, 0.5) is 4.39 Å². The number of H-pyrrole nitrogens is 1. The van der Waals surface area contributed by atoms with Crippen molar-refractivity contribution < 1.29 is 9.13 Å². The fourth-order valence-electron chi connectivity index (χ4n) is 2.10. The molecule has 1 atom stereocenters. The third-order valence-electron chi connectivity index (χ3n) is 3.11. The van der Waals surface area contributed by atoms with Crippen molar-refractivity contribution in [3.05, 3.63) is 46.2 Å². The average Bonchev–Trinajstić information content (AvgIpc) is 3.08. The molecule has 0 amide bonds. The van der Waals surface area contributed by atoms with E-state index >= 15 is 0 Å². The summed E-state index contributed by atoms with van der Waals surface area (Å²) in [7, 11) is 0. The van der Waals surface area contributed by atoms with Crippen LogP contribution in [0.15, 0.2) is 29.4 Å². The third kappa shape index (κ3) is 2.54. The monoisotopic (exact) mass is 292 g/mol. The van der Waals surface area contributed by atoms with E-state index in [1.54, 1.807) is 18.2 Å². The highest BCUT2D eigenvalue weighted by Gasteiger charge is 2.23. The Labute approximate surface area is 120 Å². The molecule has 0 bridgehead atoms. The molecular formula is C13H13FN4OS. The number of aromatic nitrogens is 3. The Bertz CT molecular complexity index is 688. The van der Waals surface area contributed by atoms with Crippen molar-refractivity contribution in [3.8, 4) is 0 Å². The van der Waals surface area contributed by atoms with Crippen molar-refractivity contribution in [1.29, 1.82) is 0 Å². The average molecular weight is 292 g/mol. The molecule has 1 N–H and O–H groups in total. The number of hydrogen-bond donors (Lipinski definition) is 1. The molecule has 1 aromatic heterocycles. The van der Waals surface area contributed by atoms with Gasteiger partial charge in [-0.1, -0.05) is 18.2 Å². The topological polar surface area (TPSA) is 55.2 Å². The van der Waals surface area contributed by atoms with Gasteiger partial charge in [-0.05, 0) is 31.1 Å². The highest BCUT2D eigenvalue weighted by Crippen LogP contribution is 2.26. The van der Waals surface area contributed by atoms with Crippen LogP contribution in [0.3, 0.4) is 0 Å². The van der Waals surface area contributed by atoms with E-state index in [-0.39, 0.29) is 11.9 Å². The van der Waals surface area contributed by atoms with Gasteiger partial charge in [-0.15, -0.1) is 0 Å². The fourth-order valence-corrected chi connectivity index (χ4v) is 2.29. The normalized spacial score (nSPS) is 18.9. The van der Waals surface area contributed by atoms with Crippen molar-refractivity contribution in [2.24, 2.45) is 5.10 Å². The van der Waals surface area contributed by atoms with Gasteiger partial charge in [-0.25, -0.2) is 4.39 Å². The molecule has 1 aromatic carbocycles. The molecule has 0 radical (unpaired) electrons. The maximum Gasteiger partial charge on any atom is 0.216 e. The summed E-state index contributed by atoms with van der Waals surface area (Å²) in [4.78, 5) is 0. The van der Waals surface area contributed by atoms with Crippen molar-refractivity contribution in [1.82, 2.24) is 14.9 Å². The van der Waals surface area contributed by atoms with Crippen LogP contribution in [0.25, 0.3) is 0 Å². The summed E-state index contributed by atoms with van der Waals surface area (Å²) in [6.45, 7) is 0.710. The number of rotatable bonds is 3. The molecule has 0 aliphatic carbocycles. The van der Waals surface area contributed by atoms with E-state index < -0.39 is 0 Å². The van der Waals surface area contributed by atoms with Crippen LogP contribution in [0, 0.1) is 10.6 Å². The molecule has 2 aromatic rings. The number of nitrogens with one attached hydrogen (secondary N) is 1. The molecule has 104 valence electrons. The van der Waals surface area contributed by atoms with Crippen molar-refractivity contribution in [2.45, 2.75) is 18.9 Å². The molecule has 0 saturated carbocycles. The summed E-state index contributed by atoms with van der Waals surface area (Å²) >= 11 is 5.14. The lowest BCUT2D eigenvalue weighted by Crippen LogP contribution is -2.05. The van der Waals surface area contributed by atoms with Crippen LogP contribution >= 0.6 is 12.2 Å². The second-order valence-corrected chi connectivity index (χ2v) is 4.85. The van der Waals surface area contributed by atoms with Gasteiger partial charge in [0.25, 0.3) is 0 Å². The minimum Gasteiger partial charge on any atom is -0.370 e. The van der Waals surface area contributed by atoms with Gasteiger partial charge in [0.15, 0.2) is 5.82 Å². The standard InChI is InChI=1S/C13H13FN4OS/c14-10-5-2-1-4-9(10)8-15-18-12(16-17-13(18)20)11-6-3-7-19-11/h1-2,4-5,8,11H,3,6-7H2,(H,17,20)/b15-8-/t11-/m1/s1. The Kier molecular flexibility index (Phi) is 3.70. The minimum atomic E-state index is -0.329. The number of halogens is 1. The van der Waals surface area contributed by atoms with Gasteiger partial charge in [0, 0.05) is 12.2 Å². The Hall–Kier alpha value is -1.86. The quantitative estimate of drug-likeness (QED) is 0.699. The van der Waals surface area contributed by atoms with E-state index in [4.69, 9.17) is 17.0 Å². The molecule has 3 rings (SSSR count).